The summed E-state index contributed by atoms with van der Waals surface area (Å²) >= 11 is 0. The lowest BCUT2D eigenvalue weighted by Crippen LogP contribution is -2.45. The van der Waals surface area contributed by atoms with Crippen molar-refractivity contribution >= 4 is 5.97 Å². The van der Waals surface area contributed by atoms with Gasteiger partial charge in [0.15, 0.2) is 0 Å². The molecule has 0 saturated carbocycles. The van der Waals surface area contributed by atoms with Crippen molar-refractivity contribution in [2.75, 3.05) is 106 Å². The normalized spacial score (nSPS) is 18.3. The van der Waals surface area contributed by atoms with Crippen LogP contribution in [0, 0.1) is 0 Å². The molecular formula is C36H70O13. The van der Waals surface area contributed by atoms with Crippen LogP contribution in [0.2, 0.25) is 0 Å². The first kappa shape index (κ1) is 46.1. The molecule has 0 aromatic rings. The lowest BCUT2D eigenvalue weighted by molar-refractivity contribution is -0.146. The van der Waals surface area contributed by atoms with E-state index >= 15 is 0 Å². The lowest BCUT2D eigenvalue weighted by Gasteiger charge is -2.29. The summed E-state index contributed by atoms with van der Waals surface area (Å²) in [5.41, 5.74) is 0. The van der Waals surface area contributed by atoms with Gasteiger partial charge >= 0.3 is 5.97 Å². The summed E-state index contributed by atoms with van der Waals surface area (Å²) in [6.45, 7) is 5.22. The molecule has 13 nitrogen and oxygen atoms in total. The number of aliphatic hydroxyl groups excluding tert-OH is 3. The van der Waals surface area contributed by atoms with Crippen LogP contribution >= 0.6 is 0 Å². The van der Waals surface area contributed by atoms with Crippen LogP contribution in [0.3, 0.4) is 0 Å². The summed E-state index contributed by atoms with van der Waals surface area (Å²) in [6, 6.07) is 0. The number of unbranched alkanes of at least 4 members (excludes halogenated alkanes) is 12. The number of aliphatic hydroxyl groups is 3. The highest BCUT2D eigenvalue weighted by molar-refractivity contribution is 5.69. The summed E-state index contributed by atoms with van der Waals surface area (Å²) in [5, 5.41) is 27.1. The number of rotatable bonds is 38. The molecule has 3 N–H and O–H groups in total. The number of ether oxygens (including phenoxy) is 9. The highest BCUT2D eigenvalue weighted by atomic mass is 16.6. The van der Waals surface area contributed by atoms with E-state index in [0.29, 0.717) is 32.8 Å². The molecule has 1 rings (SSSR count). The Morgan fingerprint density at radius 2 is 1.14 bits per heavy atom. The molecule has 1 saturated heterocycles. The quantitative estimate of drug-likeness (QED) is 0.0631. The van der Waals surface area contributed by atoms with Gasteiger partial charge in [-0.15, -0.1) is 0 Å². The predicted octanol–water partition coefficient (Wildman–Crippen LogP) is 3.61. The average Bonchev–Trinajstić information content (AvgIpc) is 3.51. The van der Waals surface area contributed by atoms with E-state index in [-0.39, 0.29) is 85.3 Å². The zero-order valence-corrected chi connectivity index (χ0v) is 30.4. The topological polar surface area (TPSA) is 161 Å². The van der Waals surface area contributed by atoms with Crippen molar-refractivity contribution in [2.24, 2.45) is 0 Å². The van der Waals surface area contributed by atoms with Crippen molar-refractivity contribution in [1.82, 2.24) is 0 Å². The smallest absolute Gasteiger partial charge is 0.305 e. The molecule has 0 amide bonds. The molecule has 49 heavy (non-hydrogen) atoms. The average molecular weight is 711 g/mol. The predicted molar refractivity (Wildman–Crippen MR) is 185 cm³/mol. The lowest BCUT2D eigenvalue weighted by atomic mass is 10.0. The van der Waals surface area contributed by atoms with E-state index in [4.69, 9.17) is 52.8 Å². The van der Waals surface area contributed by atoms with E-state index in [1.54, 1.807) is 0 Å². The summed E-state index contributed by atoms with van der Waals surface area (Å²) in [6.07, 6.45) is 15.0. The Morgan fingerprint density at radius 3 is 1.78 bits per heavy atom. The standard InChI is InChI=1S/C36H70O13/c1-2-3-4-5-6-7-8-9-10-11-12-13-14-15-34(40)47-28-25-43-22-23-44-30-32(46-27-24-41-19-16-37)36-35(48-29-26-42-20-17-38)33(31-49-36)45-21-18-39/h32-33,35-39H,2-31H2,1H3/t32?,33-,35+,36-/m1/s1. The Labute approximate surface area is 295 Å². The molecule has 292 valence electrons. The first-order chi connectivity index (χ1) is 24.2. The van der Waals surface area contributed by atoms with Crippen LogP contribution in [0.25, 0.3) is 0 Å². The Hall–Kier alpha value is -0.970. The van der Waals surface area contributed by atoms with E-state index < -0.39 is 24.4 Å². The van der Waals surface area contributed by atoms with Gasteiger partial charge in [0, 0.05) is 6.42 Å². The molecule has 13 heteroatoms. The SMILES string of the molecule is CCCCCCCCCCCCCCCC(=O)OCCOCCOCC(OCCOCCO)[C@H]1OC[C@@H](OCCO)[C@@H]1OCCOCCO. The van der Waals surface area contributed by atoms with Crippen LogP contribution in [-0.4, -0.2) is 151 Å². The Kier molecular flexibility index (Phi) is 33.3. The molecule has 0 spiro atoms. The minimum absolute atomic E-state index is 0.0720. The second-order valence-electron chi connectivity index (χ2n) is 12.2. The zero-order chi connectivity index (χ0) is 35.5. The van der Waals surface area contributed by atoms with Gasteiger partial charge in [0.2, 0.25) is 0 Å². The van der Waals surface area contributed by atoms with Gasteiger partial charge in [-0.2, -0.15) is 0 Å². The van der Waals surface area contributed by atoms with Crippen molar-refractivity contribution in [2.45, 2.75) is 121 Å². The summed E-state index contributed by atoms with van der Waals surface area (Å²) in [4.78, 5) is 12.0. The van der Waals surface area contributed by atoms with Crippen LogP contribution in [0.15, 0.2) is 0 Å². The number of carbonyl (C=O) groups excluding carboxylic acids is 1. The molecular weight excluding hydrogens is 640 g/mol. The summed E-state index contributed by atoms with van der Waals surface area (Å²) < 4.78 is 51.3. The molecule has 1 aliphatic rings. The van der Waals surface area contributed by atoms with Gasteiger partial charge in [0.1, 0.15) is 31.0 Å². The first-order valence-electron chi connectivity index (χ1n) is 18.9. The van der Waals surface area contributed by atoms with E-state index in [9.17, 15) is 9.90 Å². The van der Waals surface area contributed by atoms with E-state index in [2.05, 4.69) is 6.92 Å². The zero-order valence-electron chi connectivity index (χ0n) is 30.4. The number of carbonyl (C=O) groups is 1. The Morgan fingerprint density at radius 1 is 0.612 bits per heavy atom. The third-order valence-electron chi connectivity index (χ3n) is 8.13. The van der Waals surface area contributed by atoms with Crippen LogP contribution in [-0.2, 0) is 47.4 Å². The third-order valence-corrected chi connectivity index (χ3v) is 8.13. The highest BCUT2D eigenvalue weighted by Crippen LogP contribution is 2.25. The van der Waals surface area contributed by atoms with Crippen molar-refractivity contribution in [3.8, 4) is 0 Å². The molecule has 1 aliphatic heterocycles. The maximum absolute atomic E-state index is 12.0. The molecule has 0 aliphatic carbocycles. The monoisotopic (exact) mass is 710 g/mol. The number of hydrogen-bond donors (Lipinski definition) is 3. The fourth-order valence-electron chi connectivity index (χ4n) is 5.54. The maximum Gasteiger partial charge on any atom is 0.305 e. The van der Waals surface area contributed by atoms with Crippen LogP contribution in [0.5, 0.6) is 0 Å². The molecule has 0 aromatic carbocycles. The summed E-state index contributed by atoms with van der Waals surface area (Å²) in [5.74, 6) is -0.180. The molecule has 1 unspecified atom stereocenters. The molecule has 0 aromatic heterocycles. The largest absolute Gasteiger partial charge is 0.463 e. The minimum atomic E-state index is -0.519. The van der Waals surface area contributed by atoms with Gasteiger partial charge in [-0.1, -0.05) is 84.0 Å². The Bertz CT molecular complexity index is 702. The fraction of sp³-hybridized carbons (Fsp3) is 0.972. The van der Waals surface area contributed by atoms with Gasteiger partial charge in [0.25, 0.3) is 0 Å². The van der Waals surface area contributed by atoms with Crippen LogP contribution in [0.4, 0.5) is 0 Å². The van der Waals surface area contributed by atoms with Gasteiger partial charge in [-0.05, 0) is 6.42 Å². The van der Waals surface area contributed by atoms with Crippen LogP contribution in [0.1, 0.15) is 96.8 Å². The van der Waals surface area contributed by atoms with Gasteiger partial charge < -0.3 is 58.0 Å². The highest BCUT2D eigenvalue weighted by Gasteiger charge is 2.44. The summed E-state index contributed by atoms with van der Waals surface area (Å²) in [7, 11) is 0. The number of esters is 1. The van der Waals surface area contributed by atoms with E-state index in [1.165, 1.54) is 70.6 Å². The molecule has 1 fully saturated rings. The first-order valence-corrected chi connectivity index (χ1v) is 18.9. The molecule has 1 heterocycles. The second-order valence-corrected chi connectivity index (χ2v) is 12.2. The minimum Gasteiger partial charge on any atom is -0.463 e. The third kappa shape index (κ3) is 26.5. The maximum atomic E-state index is 12.0. The van der Waals surface area contributed by atoms with Crippen molar-refractivity contribution in [1.29, 1.82) is 0 Å². The van der Waals surface area contributed by atoms with Crippen LogP contribution < -0.4 is 0 Å². The van der Waals surface area contributed by atoms with E-state index in [1.807, 2.05) is 0 Å². The van der Waals surface area contributed by atoms with Gasteiger partial charge in [0.05, 0.1) is 99.1 Å². The fourth-order valence-corrected chi connectivity index (χ4v) is 5.54. The Balaban J connectivity index is 2.24. The van der Waals surface area contributed by atoms with Crippen molar-refractivity contribution in [3.63, 3.8) is 0 Å². The second kappa shape index (κ2) is 35.4. The molecule has 4 atom stereocenters. The van der Waals surface area contributed by atoms with Gasteiger partial charge in [-0.3, -0.25) is 4.79 Å². The molecule has 0 bridgehead atoms. The van der Waals surface area contributed by atoms with E-state index in [0.717, 1.165) is 12.8 Å². The van der Waals surface area contributed by atoms with Crippen molar-refractivity contribution in [3.05, 3.63) is 0 Å². The van der Waals surface area contributed by atoms with Gasteiger partial charge in [-0.25, -0.2) is 0 Å². The molecule has 0 radical (unpaired) electrons. The number of hydrogen-bond acceptors (Lipinski definition) is 13. The van der Waals surface area contributed by atoms with Crippen molar-refractivity contribution < 1.29 is 62.7 Å².